The van der Waals surface area contributed by atoms with Crippen LogP contribution in [-0.4, -0.2) is 65.9 Å². The van der Waals surface area contributed by atoms with Crippen LogP contribution < -0.4 is 0 Å². The third-order valence-corrected chi connectivity index (χ3v) is 5.08. The average molecular weight is 417 g/mol. The molecular formula is C22H19N5O4. The molecule has 3 heterocycles. The Hall–Kier alpha value is -4.03. The fourth-order valence-corrected chi connectivity index (χ4v) is 3.35. The summed E-state index contributed by atoms with van der Waals surface area (Å²) in [5.74, 6) is 3.54. The first kappa shape index (κ1) is 20.3. The minimum absolute atomic E-state index is 0.247. The Bertz CT molecular complexity index is 1260. The first-order chi connectivity index (χ1) is 14.8. The summed E-state index contributed by atoms with van der Waals surface area (Å²) in [6, 6.07) is 10.4. The Morgan fingerprint density at radius 1 is 1.16 bits per heavy atom. The molecule has 31 heavy (non-hydrogen) atoms. The number of hydrogen-bond acceptors (Lipinski definition) is 6. The molecule has 4 rings (SSSR count). The van der Waals surface area contributed by atoms with Gasteiger partial charge in [0.25, 0.3) is 5.91 Å². The van der Waals surface area contributed by atoms with Crippen LogP contribution in [0.4, 0.5) is 0 Å². The van der Waals surface area contributed by atoms with Gasteiger partial charge in [-0.25, -0.2) is 14.8 Å². The lowest BCUT2D eigenvalue weighted by molar-refractivity contribution is -0.137. The minimum Gasteiger partial charge on any atom is -0.475 e. The Kier molecular flexibility index (Phi) is 5.01. The fraction of sp³-hybridized carbons (Fsp3) is 0.227. The SMILES string of the molecule is CN1CC[C@@](O)(C#Cc2cccc(-c3cc(-c4ccnn4C)nc(C(=O)O)n3)c2)C1=O. The second-order valence-electron chi connectivity index (χ2n) is 7.28. The predicted molar refractivity (Wildman–Crippen MR) is 111 cm³/mol. The van der Waals surface area contributed by atoms with Crippen molar-refractivity contribution >= 4 is 11.9 Å². The monoisotopic (exact) mass is 417 g/mol. The number of aryl methyl sites for hydroxylation is 1. The van der Waals surface area contributed by atoms with E-state index in [1.54, 1.807) is 61.4 Å². The van der Waals surface area contributed by atoms with Crippen LogP contribution in [0.5, 0.6) is 0 Å². The van der Waals surface area contributed by atoms with Gasteiger partial charge < -0.3 is 15.1 Å². The number of likely N-dealkylation sites (N-methyl/N-ethyl adjacent to an activating group) is 1. The van der Waals surface area contributed by atoms with Crippen molar-refractivity contribution in [2.45, 2.75) is 12.0 Å². The van der Waals surface area contributed by atoms with Crippen LogP contribution in [-0.2, 0) is 11.8 Å². The molecule has 0 radical (unpaired) electrons. The summed E-state index contributed by atoms with van der Waals surface area (Å²) in [7, 11) is 3.36. The van der Waals surface area contributed by atoms with Crippen molar-refractivity contribution in [3.05, 3.63) is 54.0 Å². The molecule has 2 aromatic heterocycles. The highest BCUT2D eigenvalue weighted by molar-refractivity contribution is 5.90. The van der Waals surface area contributed by atoms with E-state index < -0.39 is 17.5 Å². The van der Waals surface area contributed by atoms with Crippen LogP contribution in [0.2, 0.25) is 0 Å². The third-order valence-electron chi connectivity index (χ3n) is 5.08. The molecule has 3 aromatic rings. The summed E-state index contributed by atoms with van der Waals surface area (Å²) >= 11 is 0. The number of aromatic carboxylic acids is 1. The second-order valence-corrected chi connectivity index (χ2v) is 7.28. The zero-order valence-corrected chi connectivity index (χ0v) is 16.9. The lowest BCUT2D eigenvalue weighted by atomic mass is 10.0. The van der Waals surface area contributed by atoms with Crippen molar-refractivity contribution in [2.24, 2.45) is 7.05 Å². The van der Waals surface area contributed by atoms with E-state index in [-0.39, 0.29) is 12.2 Å². The minimum atomic E-state index is -1.69. The van der Waals surface area contributed by atoms with Crippen molar-refractivity contribution in [1.82, 2.24) is 24.6 Å². The number of rotatable bonds is 3. The van der Waals surface area contributed by atoms with Crippen LogP contribution in [0, 0.1) is 11.8 Å². The van der Waals surface area contributed by atoms with Crippen molar-refractivity contribution in [1.29, 1.82) is 0 Å². The van der Waals surface area contributed by atoms with Gasteiger partial charge in [0.2, 0.25) is 11.4 Å². The number of carbonyl (C=O) groups excluding carboxylic acids is 1. The van der Waals surface area contributed by atoms with Gasteiger partial charge in [-0.05, 0) is 24.3 Å². The molecule has 1 aromatic carbocycles. The molecule has 1 fully saturated rings. The van der Waals surface area contributed by atoms with E-state index in [2.05, 4.69) is 26.9 Å². The average Bonchev–Trinajstić information content (AvgIpc) is 3.31. The quantitative estimate of drug-likeness (QED) is 0.614. The second kappa shape index (κ2) is 7.66. The Labute approximate surface area is 178 Å². The zero-order valence-electron chi connectivity index (χ0n) is 16.9. The van der Waals surface area contributed by atoms with Gasteiger partial charge in [0.15, 0.2) is 0 Å². The van der Waals surface area contributed by atoms with Crippen molar-refractivity contribution in [3.8, 4) is 34.5 Å². The summed E-state index contributed by atoms with van der Waals surface area (Å²) in [6.07, 6.45) is 1.84. The van der Waals surface area contributed by atoms with Gasteiger partial charge >= 0.3 is 5.97 Å². The van der Waals surface area contributed by atoms with E-state index in [9.17, 15) is 19.8 Å². The largest absolute Gasteiger partial charge is 0.475 e. The maximum Gasteiger partial charge on any atom is 0.373 e. The molecule has 1 aliphatic heterocycles. The standard InChI is InChI=1S/C22H19N5O4/c1-26-11-9-22(31,21(26)30)8-6-14-4-3-5-15(12-14)16-13-17(18-7-10-23-27(18)2)25-19(24-16)20(28)29/h3-5,7,10,12-13,31H,9,11H2,1-2H3,(H,28,29)/t22-/m0/s1. The molecule has 0 bridgehead atoms. The highest BCUT2D eigenvalue weighted by Crippen LogP contribution is 2.25. The summed E-state index contributed by atoms with van der Waals surface area (Å²) in [4.78, 5) is 33.4. The summed E-state index contributed by atoms with van der Waals surface area (Å²) in [5, 5.41) is 24.0. The highest BCUT2D eigenvalue weighted by Gasteiger charge is 2.42. The number of benzene rings is 1. The Balaban J connectivity index is 1.74. The van der Waals surface area contributed by atoms with Gasteiger partial charge in [-0.1, -0.05) is 24.0 Å². The summed E-state index contributed by atoms with van der Waals surface area (Å²) in [5.41, 5.74) is 0.972. The zero-order chi connectivity index (χ0) is 22.2. The maximum absolute atomic E-state index is 12.1. The normalized spacial score (nSPS) is 18.0. The highest BCUT2D eigenvalue weighted by atomic mass is 16.4. The topological polar surface area (TPSA) is 121 Å². The number of aromatic nitrogens is 4. The number of carbonyl (C=O) groups is 2. The number of amides is 1. The number of hydrogen-bond donors (Lipinski definition) is 2. The molecule has 2 N–H and O–H groups in total. The smallest absolute Gasteiger partial charge is 0.373 e. The van der Waals surface area contributed by atoms with E-state index in [1.165, 1.54) is 4.90 Å². The van der Waals surface area contributed by atoms with Gasteiger partial charge in [-0.2, -0.15) is 5.10 Å². The molecule has 1 aliphatic rings. The van der Waals surface area contributed by atoms with Crippen LogP contribution >= 0.6 is 0 Å². The van der Waals surface area contributed by atoms with Gasteiger partial charge in [0.05, 0.1) is 17.1 Å². The lowest BCUT2D eigenvalue weighted by Crippen LogP contribution is -2.37. The van der Waals surface area contributed by atoms with Gasteiger partial charge in [0, 0.05) is 44.4 Å². The molecule has 0 spiro atoms. The van der Waals surface area contributed by atoms with E-state index in [0.717, 1.165) is 0 Å². The maximum atomic E-state index is 12.1. The molecule has 156 valence electrons. The fourth-order valence-electron chi connectivity index (χ4n) is 3.35. The molecule has 1 atom stereocenters. The van der Waals surface area contributed by atoms with Crippen molar-refractivity contribution < 1.29 is 19.8 Å². The molecule has 1 saturated heterocycles. The predicted octanol–water partition coefficient (Wildman–Crippen LogP) is 1.19. The van der Waals surface area contributed by atoms with Crippen LogP contribution in [0.3, 0.4) is 0 Å². The van der Waals surface area contributed by atoms with Crippen molar-refractivity contribution in [3.63, 3.8) is 0 Å². The van der Waals surface area contributed by atoms with Crippen LogP contribution in [0.15, 0.2) is 42.6 Å². The van der Waals surface area contributed by atoms with Crippen LogP contribution in [0.25, 0.3) is 22.6 Å². The van der Waals surface area contributed by atoms with E-state index in [0.29, 0.717) is 34.8 Å². The van der Waals surface area contributed by atoms with Crippen LogP contribution in [0.1, 0.15) is 22.6 Å². The number of aliphatic hydroxyl groups is 1. The molecule has 0 aliphatic carbocycles. The number of likely N-dealkylation sites (tertiary alicyclic amines) is 1. The molecule has 9 nitrogen and oxygen atoms in total. The number of nitrogens with zero attached hydrogens (tertiary/aromatic N) is 5. The molecule has 1 amide bonds. The number of carboxylic acid groups (broad SMARTS) is 1. The summed E-state index contributed by atoms with van der Waals surface area (Å²) < 4.78 is 1.59. The summed E-state index contributed by atoms with van der Waals surface area (Å²) in [6.45, 7) is 0.444. The van der Waals surface area contributed by atoms with E-state index >= 15 is 0 Å². The van der Waals surface area contributed by atoms with Gasteiger partial charge in [0.1, 0.15) is 0 Å². The van der Waals surface area contributed by atoms with E-state index in [1.807, 2.05) is 0 Å². The Morgan fingerprint density at radius 3 is 2.58 bits per heavy atom. The Morgan fingerprint density at radius 2 is 1.94 bits per heavy atom. The molecular weight excluding hydrogens is 398 g/mol. The van der Waals surface area contributed by atoms with Gasteiger partial charge in [-0.3, -0.25) is 9.48 Å². The first-order valence-electron chi connectivity index (χ1n) is 9.49. The van der Waals surface area contributed by atoms with Gasteiger partial charge in [-0.15, -0.1) is 0 Å². The third kappa shape index (κ3) is 3.89. The first-order valence-corrected chi connectivity index (χ1v) is 9.49. The molecule has 9 heteroatoms. The van der Waals surface area contributed by atoms with Crippen molar-refractivity contribution in [2.75, 3.05) is 13.6 Å². The van der Waals surface area contributed by atoms with E-state index in [4.69, 9.17) is 0 Å². The molecule has 0 unspecified atom stereocenters. The lowest BCUT2D eigenvalue weighted by Gasteiger charge is -2.13. The number of carboxylic acids is 1. The molecule has 0 saturated carbocycles.